The molecule has 0 saturated carbocycles. The molecule has 0 radical (unpaired) electrons. The lowest BCUT2D eigenvalue weighted by Crippen LogP contribution is -2.04. The van der Waals surface area contributed by atoms with Crippen LogP contribution in [0.1, 0.15) is 20.8 Å². The molecular formula is C13H11FO2S. The van der Waals surface area contributed by atoms with Crippen LogP contribution in [0.5, 0.6) is 5.75 Å². The molecule has 2 aromatic rings. The zero-order valence-electron chi connectivity index (χ0n) is 9.49. The van der Waals surface area contributed by atoms with E-state index in [-0.39, 0.29) is 11.3 Å². The van der Waals surface area contributed by atoms with Crippen molar-refractivity contribution < 1.29 is 13.9 Å². The Morgan fingerprint density at radius 2 is 2.12 bits per heavy atom. The Bertz CT molecular complexity index is 560. The third kappa shape index (κ3) is 2.08. The SMILES string of the molecule is COc1ccsc1C(=O)c1cccc(C)c1F. The Balaban J connectivity index is 2.48. The summed E-state index contributed by atoms with van der Waals surface area (Å²) in [5.41, 5.74) is 0.553. The summed E-state index contributed by atoms with van der Waals surface area (Å²) < 4.78 is 18.9. The number of halogens is 1. The van der Waals surface area contributed by atoms with Crippen LogP contribution in [0.15, 0.2) is 29.6 Å². The van der Waals surface area contributed by atoms with Crippen molar-refractivity contribution in [3.8, 4) is 5.75 Å². The molecule has 0 fully saturated rings. The van der Waals surface area contributed by atoms with Gasteiger partial charge in [-0.3, -0.25) is 4.79 Å². The highest BCUT2D eigenvalue weighted by Gasteiger charge is 2.19. The summed E-state index contributed by atoms with van der Waals surface area (Å²) in [5.74, 6) is -0.313. The number of rotatable bonds is 3. The van der Waals surface area contributed by atoms with E-state index >= 15 is 0 Å². The van der Waals surface area contributed by atoms with Crippen LogP contribution in [0.2, 0.25) is 0 Å². The van der Waals surface area contributed by atoms with Crippen molar-refractivity contribution in [3.05, 3.63) is 51.5 Å². The first-order chi connectivity index (χ1) is 8.15. The molecule has 2 nitrogen and oxygen atoms in total. The van der Waals surface area contributed by atoms with E-state index in [1.54, 1.807) is 30.5 Å². The largest absolute Gasteiger partial charge is 0.495 e. The Labute approximate surface area is 103 Å². The number of hydrogen-bond acceptors (Lipinski definition) is 3. The Morgan fingerprint density at radius 3 is 2.82 bits per heavy atom. The van der Waals surface area contributed by atoms with Crippen molar-refractivity contribution in [2.45, 2.75) is 6.92 Å². The third-order valence-corrected chi connectivity index (χ3v) is 3.39. The number of ketones is 1. The highest BCUT2D eigenvalue weighted by Crippen LogP contribution is 2.28. The predicted octanol–water partition coefficient (Wildman–Crippen LogP) is 3.44. The monoisotopic (exact) mass is 250 g/mol. The first-order valence-electron chi connectivity index (χ1n) is 5.06. The lowest BCUT2D eigenvalue weighted by molar-refractivity contribution is 0.103. The summed E-state index contributed by atoms with van der Waals surface area (Å²) in [6.07, 6.45) is 0. The molecule has 0 aliphatic heterocycles. The molecule has 4 heteroatoms. The first kappa shape index (κ1) is 11.8. The summed E-state index contributed by atoms with van der Waals surface area (Å²) in [4.78, 5) is 12.6. The van der Waals surface area contributed by atoms with Gasteiger partial charge in [0.1, 0.15) is 16.4 Å². The molecule has 0 saturated heterocycles. The molecule has 1 aromatic carbocycles. The summed E-state index contributed by atoms with van der Waals surface area (Å²) in [5, 5.41) is 1.75. The average Bonchev–Trinajstić information content (AvgIpc) is 2.80. The van der Waals surface area contributed by atoms with Gasteiger partial charge in [-0.25, -0.2) is 4.39 Å². The fourth-order valence-electron chi connectivity index (χ4n) is 1.57. The fourth-order valence-corrected chi connectivity index (χ4v) is 2.38. The van der Waals surface area contributed by atoms with Crippen LogP contribution in [-0.4, -0.2) is 12.9 Å². The van der Waals surface area contributed by atoms with Gasteiger partial charge in [0, 0.05) is 0 Å². The summed E-state index contributed by atoms with van der Waals surface area (Å²) in [7, 11) is 1.49. The van der Waals surface area contributed by atoms with Crippen molar-refractivity contribution in [2.75, 3.05) is 7.11 Å². The zero-order chi connectivity index (χ0) is 12.4. The summed E-state index contributed by atoms with van der Waals surface area (Å²) in [6.45, 7) is 1.64. The molecule has 88 valence electrons. The average molecular weight is 250 g/mol. The lowest BCUT2D eigenvalue weighted by Gasteiger charge is -2.05. The van der Waals surface area contributed by atoms with Crippen LogP contribution < -0.4 is 4.74 Å². The standard InChI is InChI=1S/C13H11FO2S/c1-8-4-3-5-9(11(8)14)12(15)13-10(16-2)6-7-17-13/h3-7H,1-2H3. The van der Waals surface area contributed by atoms with Gasteiger partial charge >= 0.3 is 0 Å². The van der Waals surface area contributed by atoms with Crippen LogP contribution in [0.4, 0.5) is 4.39 Å². The quantitative estimate of drug-likeness (QED) is 0.780. The van der Waals surface area contributed by atoms with Crippen molar-refractivity contribution in [2.24, 2.45) is 0 Å². The maximum atomic E-state index is 13.8. The van der Waals surface area contributed by atoms with Crippen LogP contribution in [0.3, 0.4) is 0 Å². The molecule has 0 atom stereocenters. The maximum absolute atomic E-state index is 13.8. The molecule has 1 heterocycles. The van der Waals surface area contributed by atoms with Gasteiger partial charge in [0.05, 0.1) is 12.7 Å². The van der Waals surface area contributed by atoms with E-state index in [9.17, 15) is 9.18 Å². The van der Waals surface area contributed by atoms with E-state index in [1.165, 1.54) is 24.5 Å². The third-order valence-electron chi connectivity index (χ3n) is 2.49. The molecular weight excluding hydrogens is 239 g/mol. The second-order valence-electron chi connectivity index (χ2n) is 3.58. The number of aryl methyl sites for hydroxylation is 1. The van der Waals surface area contributed by atoms with Crippen molar-refractivity contribution in [1.82, 2.24) is 0 Å². The molecule has 0 aliphatic carbocycles. The number of hydrogen-bond donors (Lipinski definition) is 0. The minimum absolute atomic E-state index is 0.0887. The fraction of sp³-hybridized carbons (Fsp3) is 0.154. The number of thiophene rings is 1. The zero-order valence-corrected chi connectivity index (χ0v) is 10.3. The van der Waals surface area contributed by atoms with E-state index in [1.807, 2.05) is 0 Å². The highest BCUT2D eigenvalue weighted by atomic mass is 32.1. The van der Waals surface area contributed by atoms with E-state index < -0.39 is 5.82 Å². The van der Waals surface area contributed by atoms with Crippen molar-refractivity contribution in [1.29, 1.82) is 0 Å². The van der Waals surface area contributed by atoms with Crippen molar-refractivity contribution >= 4 is 17.1 Å². The lowest BCUT2D eigenvalue weighted by atomic mass is 10.1. The van der Waals surface area contributed by atoms with Gasteiger partial charge in [0.2, 0.25) is 5.78 Å². The van der Waals surface area contributed by atoms with Gasteiger partial charge in [-0.05, 0) is 30.0 Å². The number of methoxy groups -OCH3 is 1. The first-order valence-corrected chi connectivity index (χ1v) is 5.94. The van der Waals surface area contributed by atoms with E-state index in [2.05, 4.69) is 0 Å². The smallest absolute Gasteiger partial charge is 0.209 e. The van der Waals surface area contributed by atoms with Gasteiger partial charge < -0.3 is 4.74 Å². The molecule has 2 rings (SSSR count). The molecule has 0 spiro atoms. The van der Waals surface area contributed by atoms with Crippen LogP contribution >= 0.6 is 11.3 Å². The second kappa shape index (κ2) is 4.67. The van der Waals surface area contributed by atoms with Crippen LogP contribution in [0.25, 0.3) is 0 Å². The topological polar surface area (TPSA) is 26.3 Å². The Hall–Kier alpha value is -1.68. The Kier molecular flexibility index (Phi) is 3.24. The highest BCUT2D eigenvalue weighted by molar-refractivity contribution is 7.12. The number of benzene rings is 1. The number of carbonyl (C=O) groups excluding carboxylic acids is 1. The number of ether oxygens (including phenoxy) is 1. The molecule has 0 unspecified atom stereocenters. The molecule has 0 bridgehead atoms. The Morgan fingerprint density at radius 1 is 1.35 bits per heavy atom. The van der Waals surface area contributed by atoms with Gasteiger partial charge in [-0.2, -0.15) is 0 Å². The molecule has 0 aliphatic rings. The molecule has 0 N–H and O–H groups in total. The predicted molar refractivity (Wildman–Crippen MR) is 65.4 cm³/mol. The van der Waals surface area contributed by atoms with Crippen molar-refractivity contribution in [3.63, 3.8) is 0 Å². The minimum Gasteiger partial charge on any atom is -0.495 e. The number of carbonyl (C=O) groups is 1. The van der Waals surface area contributed by atoms with Gasteiger partial charge in [-0.15, -0.1) is 11.3 Å². The molecule has 0 amide bonds. The van der Waals surface area contributed by atoms with Crippen LogP contribution in [-0.2, 0) is 0 Å². The summed E-state index contributed by atoms with van der Waals surface area (Å²) >= 11 is 1.25. The second-order valence-corrected chi connectivity index (χ2v) is 4.50. The normalized spacial score (nSPS) is 10.3. The molecule has 17 heavy (non-hydrogen) atoms. The van der Waals surface area contributed by atoms with E-state index in [0.29, 0.717) is 16.2 Å². The minimum atomic E-state index is -0.465. The van der Waals surface area contributed by atoms with Gasteiger partial charge in [0.25, 0.3) is 0 Å². The van der Waals surface area contributed by atoms with Gasteiger partial charge in [-0.1, -0.05) is 12.1 Å². The molecule has 1 aromatic heterocycles. The van der Waals surface area contributed by atoms with E-state index in [0.717, 1.165) is 0 Å². The maximum Gasteiger partial charge on any atom is 0.209 e. The van der Waals surface area contributed by atoms with Crippen LogP contribution in [0, 0.1) is 12.7 Å². The van der Waals surface area contributed by atoms with Gasteiger partial charge in [0.15, 0.2) is 0 Å². The van der Waals surface area contributed by atoms with E-state index in [4.69, 9.17) is 4.74 Å². The summed E-state index contributed by atoms with van der Waals surface area (Å²) in [6, 6.07) is 6.50.